The van der Waals surface area contributed by atoms with Gasteiger partial charge < -0.3 is 9.84 Å². The van der Waals surface area contributed by atoms with Crippen molar-refractivity contribution < 1.29 is 14.6 Å². The maximum absolute atomic E-state index is 11.0. The molecule has 2 atom stereocenters. The maximum Gasteiger partial charge on any atom is 0.306 e. The van der Waals surface area contributed by atoms with E-state index in [4.69, 9.17) is 4.74 Å². The number of aliphatic hydroxyl groups is 1. The fourth-order valence-electron chi connectivity index (χ4n) is 3.33. The van der Waals surface area contributed by atoms with Gasteiger partial charge in [-0.05, 0) is 44.9 Å². The second kappa shape index (κ2) is 16.1. The van der Waals surface area contributed by atoms with Crippen LogP contribution >= 0.6 is 0 Å². The lowest BCUT2D eigenvalue weighted by molar-refractivity contribution is -0.145. The molecule has 0 unspecified atom stereocenters. The molecule has 1 N–H and O–H groups in total. The van der Waals surface area contributed by atoms with E-state index in [9.17, 15) is 9.90 Å². The number of cyclic esters (lactones) is 1. The lowest BCUT2D eigenvalue weighted by Gasteiger charge is -2.15. The molecule has 3 nitrogen and oxygen atoms in total. The summed E-state index contributed by atoms with van der Waals surface area (Å²) < 4.78 is 5.08. The van der Waals surface area contributed by atoms with Crippen LogP contribution in [0.1, 0.15) is 103 Å². The fourth-order valence-corrected chi connectivity index (χ4v) is 3.33. The van der Waals surface area contributed by atoms with Crippen LogP contribution < -0.4 is 0 Å². The summed E-state index contributed by atoms with van der Waals surface area (Å²) in [7, 11) is 0. The van der Waals surface area contributed by atoms with Gasteiger partial charge in [-0.2, -0.15) is 0 Å². The van der Waals surface area contributed by atoms with Crippen molar-refractivity contribution in [1.82, 2.24) is 0 Å². The lowest BCUT2D eigenvalue weighted by atomic mass is 10.1. The predicted octanol–water partition coefficient (Wildman–Crippen LogP) is 6.26. The zero-order valence-electron chi connectivity index (χ0n) is 16.8. The highest BCUT2D eigenvalue weighted by molar-refractivity contribution is 5.71. The van der Waals surface area contributed by atoms with Gasteiger partial charge in [-0.3, -0.25) is 4.79 Å². The topological polar surface area (TPSA) is 46.5 Å². The van der Waals surface area contributed by atoms with Crippen molar-refractivity contribution in [3.63, 3.8) is 0 Å². The van der Waals surface area contributed by atoms with Crippen molar-refractivity contribution in [1.29, 1.82) is 0 Å². The predicted molar refractivity (Wildman–Crippen MR) is 109 cm³/mol. The quantitative estimate of drug-likeness (QED) is 0.200. The minimum Gasteiger partial charge on any atom is -0.460 e. The zero-order valence-corrected chi connectivity index (χ0v) is 16.8. The number of carbonyl (C=O) groups excluding carboxylic acids is 1. The van der Waals surface area contributed by atoms with E-state index in [0.717, 1.165) is 19.3 Å². The summed E-state index contributed by atoms with van der Waals surface area (Å²) in [6.45, 7) is 2.27. The second-order valence-electron chi connectivity index (χ2n) is 7.50. The SMILES string of the molecule is CCCCCCCCCC/C=C/CC/C=C\CC[C@@H](O)[C@H]1CCC(=O)O1. The molecule has 1 aliphatic rings. The molecule has 0 amide bonds. The Morgan fingerprint density at radius 2 is 1.50 bits per heavy atom. The molecule has 0 aromatic carbocycles. The first-order chi connectivity index (χ1) is 12.7. The average Bonchev–Trinajstić information content (AvgIpc) is 3.07. The molecule has 3 heteroatoms. The van der Waals surface area contributed by atoms with Crippen LogP contribution in [0.3, 0.4) is 0 Å². The molecule has 1 saturated heterocycles. The molecule has 1 fully saturated rings. The third kappa shape index (κ3) is 12.3. The van der Waals surface area contributed by atoms with Crippen molar-refractivity contribution in [2.75, 3.05) is 0 Å². The van der Waals surface area contributed by atoms with Crippen molar-refractivity contribution in [2.45, 2.75) is 115 Å². The number of ether oxygens (including phenoxy) is 1. The zero-order chi connectivity index (χ0) is 18.9. The highest BCUT2D eigenvalue weighted by Crippen LogP contribution is 2.19. The summed E-state index contributed by atoms with van der Waals surface area (Å²) in [6.07, 6.45) is 25.2. The van der Waals surface area contributed by atoms with Crippen LogP contribution in [0.5, 0.6) is 0 Å². The number of allylic oxidation sites excluding steroid dienone is 4. The first kappa shape index (κ1) is 23.0. The van der Waals surface area contributed by atoms with E-state index in [1.807, 2.05) is 0 Å². The summed E-state index contributed by atoms with van der Waals surface area (Å²) in [5.74, 6) is -0.177. The Morgan fingerprint density at radius 1 is 0.923 bits per heavy atom. The van der Waals surface area contributed by atoms with Gasteiger partial charge in [-0.1, -0.05) is 76.2 Å². The normalized spacial score (nSPS) is 18.8. The number of rotatable bonds is 16. The van der Waals surface area contributed by atoms with Gasteiger partial charge in [0.1, 0.15) is 6.10 Å². The molecular weight excluding hydrogens is 324 g/mol. The number of unbranched alkanes of at least 4 members (excludes halogenated alkanes) is 9. The van der Waals surface area contributed by atoms with Gasteiger partial charge in [-0.15, -0.1) is 0 Å². The molecule has 0 saturated carbocycles. The van der Waals surface area contributed by atoms with Crippen molar-refractivity contribution in [3.05, 3.63) is 24.3 Å². The van der Waals surface area contributed by atoms with Gasteiger partial charge in [-0.25, -0.2) is 0 Å². The second-order valence-corrected chi connectivity index (χ2v) is 7.50. The Hall–Kier alpha value is -1.09. The Morgan fingerprint density at radius 3 is 2.12 bits per heavy atom. The van der Waals surface area contributed by atoms with E-state index >= 15 is 0 Å². The summed E-state index contributed by atoms with van der Waals surface area (Å²) in [5, 5.41) is 9.96. The molecule has 150 valence electrons. The molecule has 1 heterocycles. The van der Waals surface area contributed by atoms with Gasteiger partial charge in [0.05, 0.1) is 6.10 Å². The molecule has 0 aromatic rings. The minimum absolute atomic E-state index is 0.177. The van der Waals surface area contributed by atoms with Crippen LogP contribution in [0.2, 0.25) is 0 Å². The van der Waals surface area contributed by atoms with E-state index in [1.165, 1.54) is 57.8 Å². The van der Waals surface area contributed by atoms with Gasteiger partial charge >= 0.3 is 5.97 Å². The fraction of sp³-hybridized carbons (Fsp3) is 0.783. The first-order valence-corrected chi connectivity index (χ1v) is 10.9. The number of hydrogen-bond donors (Lipinski definition) is 1. The smallest absolute Gasteiger partial charge is 0.306 e. The molecule has 26 heavy (non-hydrogen) atoms. The summed E-state index contributed by atoms with van der Waals surface area (Å²) in [4.78, 5) is 11.0. The monoisotopic (exact) mass is 364 g/mol. The van der Waals surface area contributed by atoms with Crippen LogP contribution in [0.4, 0.5) is 0 Å². The Bertz CT molecular complexity index is 400. The van der Waals surface area contributed by atoms with Gasteiger partial charge in [0.15, 0.2) is 0 Å². The highest BCUT2D eigenvalue weighted by atomic mass is 16.6. The number of esters is 1. The molecule has 0 radical (unpaired) electrons. The average molecular weight is 365 g/mol. The molecule has 1 aliphatic heterocycles. The Balaban J connectivity index is 1.85. The number of hydrogen-bond acceptors (Lipinski definition) is 3. The standard InChI is InChI=1S/C23H40O3/c1-2-3-4-5-6-7-8-9-10-11-12-13-14-15-16-17-18-21(24)22-19-20-23(25)26-22/h11-12,15-16,21-22,24H,2-10,13-14,17-20H2,1H3/b12-11+,16-15-/t21-,22-/m1/s1. The van der Waals surface area contributed by atoms with E-state index in [0.29, 0.717) is 19.3 Å². The molecule has 0 aromatic heterocycles. The molecule has 0 aliphatic carbocycles. The van der Waals surface area contributed by atoms with E-state index in [-0.39, 0.29) is 12.1 Å². The third-order valence-electron chi connectivity index (χ3n) is 5.03. The number of aliphatic hydroxyl groups excluding tert-OH is 1. The van der Waals surface area contributed by atoms with Crippen LogP contribution in [-0.2, 0) is 9.53 Å². The summed E-state index contributed by atoms with van der Waals surface area (Å²) in [6, 6.07) is 0. The van der Waals surface area contributed by atoms with Gasteiger partial charge in [0.25, 0.3) is 0 Å². The highest BCUT2D eigenvalue weighted by Gasteiger charge is 2.29. The van der Waals surface area contributed by atoms with Crippen molar-refractivity contribution >= 4 is 5.97 Å². The Labute approximate surface area is 160 Å². The molecule has 0 bridgehead atoms. The number of carbonyl (C=O) groups is 1. The lowest BCUT2D eigenvalue weighted by Crippen LogP contribution is -2.25. The van der Waals surface area contributed by atoms with Crippen molar-refractivity contribution in [3.8, 4) is 0 Å². The van der Waals surface area contributed by atoms with Crippen LogP contribution in [0.25, 0.3) is 0 Å². The molecular formula is C23H40O3. The third-order valence-corrected chi connectivity index (χ3v) is 5.03. The van der Waals surface area contributed by atoms with Gasteiger partial charge in [0, 0.05) is 6.42 Å². The Kier molecular flexibility index (Phi) is 14.2. The van der Waals surface area contributed by atoms with Crippen LogP contribution in [0, 0.1) is 0 Å². The first-order valence-electron chi connectivity index (χ1n) is 10.9. The summed E-state index contributed by atoms with van der Waals surface area (Å²) >= 11 is 0. The van der Waals surface area contributed by atoms with E-state index in [2.05, 4.69) is 31.2 Å². The van der Waals surface area contributed by atoms with Gasteiger partial charge in [0.2, 0.25) is 0 Å². The molecule has 1 rings (SSSR count). The van der Waals surface area contributed by atoms with E-state index < -0.39 is 6.10 Å². The van der Waals surface area contributed by atoms with Crippen LogP contribution in [0.15, 0.2) is 24.3 Å². The van der Waals surface area contributed by atoms with Crippen molar-refractivity contribution in [2.24, 2.45) is 0 Å². The minimum atomic E-state index is -0.516. The van der Waals surface area contributed by atoms with Crippen LogP contribution in [-0.4, -0.2) is 23.3 Å². The largest absolute Gasteiger partial charge is 0.460 e. The summed E-state index contributed by atoms with van der Waals surface area (Å²) in [5.41, 5.74) is 0. The van der Waals surface area contributed by atoms with E-state index in [1.54, 1.807) is 0 Å². The maximum atomic E-state index is 11.0. The molecule has 0 spiro atoms.